The van der Waals surface area contributed by atoms with Gasteiger partial charge >= 0.3 is 0 Å². The van der Waals surface area contributed by atoms with Gasteiger partial charge in [-0.2, -0.15) is 0 Å². The van der Waals surface area contributed by atoms with Crippen LogP contribution in [0.5, 0.6) is 5.75 Å². The Morgan fingerprint density at radius 2 is 2.00 bits per heavy atom. The molecule has 0 bridgehead atoms. The predicted molar refractivity (Wildman–Crippen MR) is 123 cm³/mol. The van der Waals surface area contributed by atoms with Crippen molar-refractivity contribution in [1.82, 2.24) is 19.9 Å². The van der Waals surface area contributed by atoms with E-state index in [1.807, 2.05) is 35.2 Å². The van der Waals surface area contributed by atoms with Crippen LogP contribution in [-0.2, 0) is 4.74 Å². The smallest absolute Gasteiger partial charge is 0.139 e. The summed E-state index contributed by atoms with van der Waals surface area (Å²) in [5, 5.41) is 8.26. The number of hydrogen-bond acceptors (Lipinski definition) is 6. The van der Waals surface area contributed by atoms with Gasteiger partial charge in [0.2, 0.25) is 0 Å². The summed E-state index contributed by atoms with van der Waals surface area (Å²) in [4.78, 5) is 9.58. The van der Waals surface area contributed by atoms with Crippen LogP contribution in [0.15, 0.2) is 54.9 Å². The molecule has 1 aliphatic rings. The van der Waals surface area contributed by atoms with Crippen molar-refractivity contribution in [3.8, 4) is 11.6 Å². The normalized spacial score (nSPS) is 14.9. The van der Waals surface area contributed by atoms with Gasteiger partial charge in [-0.3, -0.25) is 4.57 Å². The lowest BCUT2D eigenvalue weighted by molar-refractivity contribution is 0.146. The zero-order chi connectivity index (χ0) is 21.0. The number of aromatic nitrogens is 3. The summed E-state index contributed by atoms with van der Waals surface area (Å²) < 4.78 is 12.8. The number of para-hydroxylation sites is 1. The molecule has 0 spiro atoms. The number of pyridine rings is 1. The lowest BCUT2D eigenvalue weighted by Crippen LogP contribution is -2.35. The van der Waals surface area contributed by atoms with Crippen molar-refractivity contribution in [2.24, 2.45) is 0 Å². The van der Waals surface area contributed by atoms with Gasteiger partial charge in [0.25, 0.3) is 0 Å². The molecule has 31 heavy (non-hydrogen) atoms. The van der Waals surface area contributed by atoms with Crippen molar-refractivity contribution in [2.75, 3.05) is 38.7 Å². The highest BCUT2D eigenvalue weighted by Gasteiger charge is 2.15. The van der Waals surface area contributed by atoms with Gasteiger partial charge in [0.05, 0.1) is 28.8 Å². The fourth-order valence-corrected chi connectivity index (χ4v) is 4.08. The Bertz CT molecular complexity index is 1180. The van der Waals surface area contributed by atoms with Crippen molar-refractivity contribution < 1.29 is 9.47 Å². The molecule has 2 aromatic carbocycles. The van der Waals surface area contributed by atoms with E-state index < -0.39 is 0 Å². The summed E-state index contributed by atoms with van der Waals surface area (Å²) in [7, 11) is 1.66. The molecule has 3 heterocycles. The van der Waals surface area contributed by atoms with Crippen LogP contribution in [-0.4, -0.2) is 54.0 Å². The first-order valence-electron chi connectivity index (χ1n) is 10.8. The average Bonchev–Trinajstić information content (AvgIpc) is 3.23. The number of ether oxygens (including phenoxy) is 2. The van der Waals surface area contributed by atoms with Crippen molar-refractivity contribution in [3.05, 3.63) is 54.9 Å². The van der Waals surface area contributed by atoms with E-state index in [0.717, 1.165) is 65.1 Å². The molecule has 2 aromatic heterocycles. The number of fused-ring (bicyclic) bond motifs is 2. The second-order valence-electron chi connectivity index (χ2n) is 7.82. The lowest BCUT2D eigenvalue weighted by Gasteiger charge is -2.25. The Kier molecular flexibility index (Phi) is 5.69. The summed E-state index contributed by atoms with van der Waals surface area (Å²) >= 11 is 0. The van der Waals surface area contributed by atoms with Crippen LogP contribution in [0.4, 0.5) is 5.69 Å². The van der Waals surface area contributed by atoms with Crippen LogP contribution in [0.25, 0.3) is 27.8 Å². The fourth-order valence-electron chi connectivity index (χ4n) is 4.08. The number of piperidine rings is 1. The van der Waals surface area contributed by atoms with E-state index >= 15 is 0 Å². The van der Waals surface area contributed by atoms with Gasteiger partial charge < -0.3 is 20.1 Å². The standard InChI is InChI=1S/C24H27N5O2/c1-30-13-14-31-19-6-7-22-21(15-19)26-16-29(22)23-8-5-17-3-2-4-20(24(17)28-23)27-18-9-11-25-12-10-18/h2-8,15-16,18,25,27H,9-14H2,1H3. The summed E-state index contributed by atoms with van der Waals surface area (Å²) in [6, 6.07) is 16.9. The molecule has 0 aliphatic carbocycles. The monoisotopic (exact) mass is 417 g/mol. The average molecular weight is 418 g/mol. The van der Waals surface area contributed by atoms with Crippen LogP contribution in [0.3, 0.4) is 0 Å². The molecule has 5 rings (SSSR count). The van der Waals surface area contributed by atoms with Crippen molar-refractivity contribution in [1.29, 1.82) is 0 Å². The first-order valence-corrected chi connectivity index (χ1v) is 10.8. The molecule has 160 valence electrons. The van der Waals surface area contributed by atoms with E-state index in [0.29, 0.717) is 19.3 Å². The van der Waals surface area contributed by atoms with E-state index in [1.54, 1.807) is 7.11 Å². The number of imidazole rings is 1. The summed E-state index contributed by atoms with van der Waals surface area (Å²) in [6.07, 6.45) is 4.06. The van der Waals surface area contributed by atoms with Gasteiger partial charge in [-0.1, -0.05) is 12.1 Å². The van der Waals surface area contributed by atoms with Gasteiger partial charge in [0.1, 0.15) is 24.5 Å². The van der Waals surface area contributed by atoms with Crippen LogP contribution < -0.4 is 15.4 Å². The molecule has 7 heteroatoms. The molecule has 0 saturated carbocycles. The van der Waals surface area contributed by atoms with Gasteiger partial charge in [-0.05, 0) is 56.3 Å². The second kappa shape index (κ2) is 8.91. The van der Waals surface area contributed by atoms with E-state index in [1.165, 1.54) is 0 Å². The fraction of sp³-hybridized carbons (Fsp3) is 0.333. The molecular weight excluding hydrogens is 390 g/mol. The molecule has 1 fully saturated rings. The first-order chi connectivity index (χ1) is 15.3. The first kappa shape index (κ1) is 19.8. The highest BCUT2D eigenvalue weighted by molar-refractivity contribution is 5.91. The highest BCUT2D eigenvalue weighted by atomic mass is 16.5. The molecule has 1 saturated heterocycles. The third kappa shape index (κ3) is 4.19. The zero-order valence-electron chi connectivity index (χ0n) is 17.7. The van der Waals surface area contributed by atoms with Gasteiger partial charge in [-0.25, -0.2) is 9.97 Å². The van der Waals surface area contributed by atoms with Crippen LogP contribution in [0.1, 0.15) is 12.8 Å². The maximum atomic E-state index is 5.71. The topological polar surface area (TPSA) is 73.2 Å². The number of hydrogen-bond donors (Lipinski definition) is 2. The third-order valence-corrected chi connectivity index (χ3v) is 5.73. The van der Waals surface area contributed by atoms with Crippen LogP contribution >= 0.6 is 0 Å². The molecular formula is C24H27N5O2. The SMILES string of the molecule is COCCOc1ccc2c(c1)ncn2-c1ccc2cccc(NC3CCNCC3)c2n1. The summed E-state index contributed by atoms with van der Waals surface area (Å²) in [5.74, 6) is 1.64. The summed E-state index contributed by atoms with van der Waals surface area (Å²) in [5.41, 5.74) is 3.94. The Morgan fingerprint density at radius 1 is 1.10 bits per heavy atom. The quantitative estimate of drug-likeness (QED) is 0.446. The minimum atomic E-state index is 0.475. The minimum absolute atomic E-state index is 0.475. The molecule has 1 aliphatic heterocycles. The van der Waals surface area contributed by atoms with E-state index in [-0.39, 0.29) is 0 Å². The molecule has 4 aromatic rings. The van der Waals surface area contributed by atoms with Crippen molar-refractivity contribution in [3.63, 3.8) is 0 Å². The van der Waals surface area contributed by atoms with E-state index in [4.69, 9.17) is 14.5 Å². The summed E-state index contributed by atoms with van der Waals surface area (Å²) in [6.45, 7) is 3.18. The highest BCUT2D eigenvalue weighted by Crippen LogP contribution is 2.27. The molecule has 0 radical (unpaired) electrons. The number of nitrogens with zero attached hydrogens (tertiary/aromatic N) is 3. The van der Waals surface area contributed by atoms with Gasteiger partial charge in [0.15, 0.2) is 0 Å². The molecule has 2 N–H and O–H groups in total. The van der Waals surface area contributed by atoms with E-state index in [9.17, 15) is 0 Å². The van der Waals surface area contributed by atoms with Crippen molar-refractivity contribution >= 4 is 27.6 Å². The van der Waals surface area contributed by atoms with Crippen LogP contribution in [0.2, 0.25) is 0 Å². The maximum absolute atomic E-state index is 5.71. The maximum Gasteiger partial charge on any atom is 0.139 e. The number of nitrogens with one attached hydrogen (secondary N) is 2. The van der Waals surface area contributed by atoms with Crippen molar-refractivity contribution in [2.45, 2.75) is 18.9 Å². The Morgan fingerprint density at radius 3 is 2.87 bits per heavy atom. The second-order valence-corrected chi connectivity index (χ2v) is 7.82. The lowest BCUT2D eigenvalue weighted by atomic mass is 10.1. The van der Waals surface area contributed by atoms with Gasteiger partial charge in [-0.15, -0.1) is 0 Å². The molecule has 7 nitrogen and oxygen atoms in total. The number of methoxy groups -OCH3 is 1. The van der Waals surface area contributed by atoms with E-state index in [2.05, 4.69) is 39.9 Å². The third-order valence-electron chi connectivity index (χ3n) is 5.73. The molecule has 0 atom stereocenters. The Hall–Kier alpha value is -3.16. The number of benzene rings is 2. The number of anilines is 1. The zero-order valence-corrected chi connectivity index (χ0v) is 17.7. The Labute approximate surface area is 181 Å². The van der Waals surface area contributed by atoms with Crippen LogP contribution in [0, 0.1) is 0 Å². The predicted octanol–water partition coefficient (Wildman–Crippen LogP) is 3.76. The number of rotatable bonds is 7. The Balaban J connectivity index is 1.47. The minimum Gasteiger partial charge on any atom is -0.491 e. The largest absolute Gasteiger partial charge is 0.491 e. The molecule has 0 amide bonds. The molecule has 0 unspecified atom stereocenters. The van der Waals surface area contributed by atoms with Gasteiger partial charge in [0, 0.05) is 24.6 Å².